The van der Waals surface area contributed by atoms with Gasteiger partial charge in [0.1, 0.15) is 0 Å². The molecule has 0 spiro atoms. The van der Waals surface area contributed by atoms with Crippen LogP contribution >= 0.6 is 0 Å². The number of amides is 2. The molecule has 0 atom stereocenters. The lowest BCUT2D eigenvalue weighted by Crippen LogP contribution is -2.36. The van der Waals surface area contributed by atoms with E-state index in [-0.39, 0.29) is 18.4 Å². The van der Waals surface area contributed by atoms with Crippen LogP contribution in [0.4, 0.5) is 18.9 Å². The van der Waals surface area contributed by atoms with Crippen LogP contribution in [0.15, 0.2) is 55.1 Å². The maximum Gasteiger partial charge on any atom is 0.416 e. The molecule has 0 unspecified atom stereocenters. The third kappa shape index (κ3) is 4.19. The van der Waals surface area contributed by atoms with Crippen molar-refractivity contribution in [2.75, 3.05) is 11.9 Å². The topological polar surface area (TPSA) is 49.4 Å². The summed E-state index contributed by atoms with van der Waals surface area (Å²) >= 11 is 0. The van der Waals surface area contributed by atoms with Gasteiger partial charge in [0.2, 0.25) is 5.91 Å². The Hall–Kier alpha value is -3.09. The molecule has 140 valence electrons. The second-order valence-corrected chi connectivity index (χ2v) is 6.23. The summed E-state index contributed by atoms with van der Waals surface area (Å²) in [7, 11) is 0. The van der Waals surface area contributed by atoms with Gasteiger partial charge < -0.3 is 10.2 Å². The molecule has 0 fully saturated rings. The highest BCUT2D eigenvalue weighted by Crippen LogP contribution is 2.32. The van der Waals surface area contributed by atoms with Gasteiger partial charge in [-0.15, -0.1) is 0 Å². The molecule has 3 rings (SSSR count). The highest BCUT2D eigenvalue weighted by atomic mass is 19.4. The van der Waals surface area contributed by atoms with E-state index in [0.29, 0.717) is 29.8 Å². The van der Waals surface area contributed by atoms with Crippen molar-refractivity contribution in [3.8, 4) is 0 Å². The minimum absolute atomic E-state index is 0.206. The molecule has 2 amide bonds. The molecule has 1 N–H and O–H groups in total. The molecule has 1 aliphatic heterocycles. The number of hydrogen-bond donors (Lipinski definition) is 1. The number of hydrogen-bond acceptors (Lipinski definition) is 2. The number of fused-ring (bicyclic) bond motifs is 1. The van der Waals surface area contributed by atoms with Crippen LogP contribution in [0.2, 0.25) is 0 Å². The van der Waals surface area contributed by atoms with Gasteiger partial charge in [-0.1, -0.05) is 12.6 Å². The van der Waals surface area contributed by atoms with Crippen LogP contribution in [0.5, 0.6) is 0 Å². The summed E-state index contributed by atoms with van der Waals surface area (Å²) in [5.41, 5.74) is 1.66. The van der Waals surface area contributed by atoms with Gasteiger partial charge in [-0.3, -0.25) is 9.59 Å². The standard InChI is InChI=1S/C20H17F3N2O2/c1-2-18(26)24-17-7-4-13(5-8-17)19(27)25-10-9-14-11-16(20(21,22)23)6-3-15(14)12-25/h2-8,11H,1,9-10,12H2,(H,24,26). The fraction of sp³-hybridized carbons (Fsp3) is 0.200. The first kappa shape index (κ1) is 18.7. The van der Waals surface area contributed by atoms with E-state index in [1.165, 1.54) is 6.07 Å². The predicted octanol–water partition coefficient (Wildman–Crippen LogP) is 4.03. The van der Waals surface area contributed by atoms with Gasteiger partial charge in [-0.2, -0.15) is 13.2 Å². The molecular weight excluding hydrogens is 357 g/mol. The third-order valence-corrected chi connectivity index (χ3v) is 4.42. The molecule has 0 aromatic heterocycles. The number of carbonyl (C=O) groups is 2. The molecular formula is C20H17F3N2O2. The van der Waals surface area contributed by atoms with Crippen molar-refractivity contribution in [1.29, 1.82) is 0 Å². The molecule has 2 aromatic rings. The summed E-state index contributed by atoms with van der Waals surface area (Å²) in [6.07, 6.45) is -2.85. The normalized spacial score (nSPS) is 13.7. The SMILES string of the molecule is C=CC(=O)Nc1ccc(C(=O)N2CCc3cc(C(F)(F)F)ccc3C2)cc1. The third-order valence-electron chi connectivity index (χ3n) is 4.42. The smallest absolute Gasteiger partial charge is 0.334 e. The van der Waals surface area contributed by atoms with Crippen LogP contribution in [-0.2, 0) is 23.9 Å². The van der Waals surface area contributed by atoms with Crippen molar-refractivity contribution >= 4 is 17.5 Å². The molecule has 27 heavy (non-hydrogen) atoms. The molecule has 1 heterocycles. The first-order chi connectivity index (χ1) is 12.8. The van der Waals surface area contributed by atoms with E-state index >= 15 is 0 Å². The first-order valence-electron chi connectivity index (χ1n) is 8.29. The second-order valence-electron chi connectivity index (χ2n) is 6.23. The quantitative estimate of drug-likeness (QED) is 0.825. The fourth-order valence-electron chi connectivity index (χ4n) is 2.97. The molecule has 0 saturated heterocycles. The summed E-state index contributed by atoms with van der Waals surface area (Å²) < 4.78 is 38.5. The zero-order valence-electron chi connectivity index (χ0n) is 14.3. The van der Waals surface area contributed by atoms with Crippen LogP contribution in [0, 0.1) is 0 Å². The van der Waals surface area contributed by atoms with E-state index in [2.05, 4.69) is 11.9 Å². The van der Waals surface area contributed by atoms with Gasteiger partial charge in [0.05, 0.1) is 5.56 Å². The monoisotopic (exact) mass is 374 g/mol. The lowest BCUT2D eigenvalue weighted by molar-refractivity contribution is -0.137. The van der Waals surface area contributed by atoms with Crippen molar-refractivity contribution in [3.05, 3.63) is 77.4 Å². The Morgan fingerprint density at radius 1 is 1.07 bits per heavy atom. The van der Waals surface area contributed by atoms with Gasteiger partial charge in [0, 0.05) is 24.3 Å². The number of nitrogens with zero attached hydrogens (tertiary/aromatic N) is 1. The average molecular weight is 374 g/mol. The summed E-state index contributed by atoms with van der Waals surface area (Å²) in [4.78, 5) is 25.5. The van der Waals surface area contributed by atoms with Crippen LogP contribution < -0.4 is 5.32 Å². The Kier molecular flexibility index (Phi) is 5.03. The highest BCUT2D eigenvalue weighted by molar-refractivity contribution is 5.99. The lowest BCUT2D eigenvalue weighted by atomic mass is 9.96. The zero-order valence-corrected chi connectivity index (χ0v) is 14.3. The number of alkyl halides is 3. The summed E-state index contributed by atoms with van der Waals surface area (Å²) in [5, 5.41) is 2.59. The molecule has 0 bridgehead atoms. The molecule has 2 aromatic carbocycles. The van der Waals surface area contributed by atoms with Crippen molar-refractivity contribution in [2.45, 2.75) is 19.1 Å². The maximum atomic E-state index is 12.8. The van der Waals surface area contributed by atoms with Crippen LogP contribution in [0.1, 0.15) is 27.0 Å². The summed E-state index contributed by atoms with van der Waals surface area (Å²) in [6, 6.07) is 10.1. The second kappa shape index (κ2) is 7.26. The Labute approximate surface area is 154 Å². The minimum atomic E-state index is -4.37. The Bertz CT molecular complexity index is 889. The average Bonchev–Trinajstić information content (AvgIpc) is 2.66. The van der Waals surface area contributed by atoms with Gasteiger partial charge in [0.15, 0.2) is 0 Å². The van der Waals surface area contributed by atoms with E-state index < -0.39 is 11.7 Å². The number of benzene rings is 2. The molecule has 0 aliphatic carbocycles. The van der Waals surface area contributed by atoms with Gasteiger partial charge >= 0.3 is 6.18 Å². The maximum absolute atomic E-state index is 12.8. The Balaban J connectivity index is 1.72. The Morgan fingerprint density at radius 2 is 1.78 bits per heavy atom. The minimum Gasteiger partial charge on any atom is -0.334 e. The number of rotatable bonds is 3. The van der Waals surface area contributed by atoms with E-state index in [9.17, 15) is 22.8 Å². The largest absolute Gasteiger partial charge is 0.416 e. The number of nitrogens with one attached hydrogen (secondary N) is 1. The van der Waals surface area contributed by atoms with Gasteiger partial charge in [-0.25, -0.2) is 0 Å². The summed E-state index contributed by atoms with van der Waals surface area (Å²) in [6.45, 7) is 3.98. The van der Waals surface area contributed by atoms with E-state index in [1.54, 1.807) is 29.2 Å². The van der Waals surface area contributed by atoms with Crippen LogP contribution in [0.25, 0.3) is 0 Å². The van der Waals surface area contributed by atoms with Gasteiger partial charge in [0.25, 0.3) is 5.91 Å². The van der Waals surface area contributed by atoms with Crippen molar-refractivity contribution < 1.29 is 22.8 Å². The lowest BCUT2D eigenvalue weighted by Gasteiger charge is -2.29. The highest BCUT2D eigenvalue weighted by Gasteiger charge is 2.32. The number of carbonyl (C=O) groups excluding carboxylic acids is 2. The van der Waals surface area contributed by atoms with E-state index in [0.717, 1.165) is 23.8 Å². The number of halogens is 3. The van der Waals surface area contributed by atoms with Gasteiger partial charge in [-0.05, 0) is 60.0 Å². The molecule has 4 nitrogen and oxygen atoms in total. The van der Waals surface area contributed by atoms with Crippen molar-refractivity contribution in [2.24, 2.45) is 0 Å². The van der Waals surface area contributed by atoms with Crippen molar-refractivity contribution in [1.82, 2.24) is 4.90 Å². The molecule has 0 saturated carbocycles. The van der Waals surface area contributed by atoms with Crippen molar-refractivity contribution in [3.63, 3.8) is 0 Å². The first-order valence-corrected chi connectivity index (χ1v) is 8.29. The molecule has 0 radical (unpaired) electrons. The van der Waals surface area contributed by atoms with E-state index in [1.807, 2.05) is 0 Å². The van der Waals surface area contributed by atoms with E-state index in [4.69, 9.17) is 0 Å². The summed E-state index contributed by atoms with van der Waals surface area (Å²) in [5.74, 6) is -0.554. The molecule has 1 aliphatic rings. The fourth-order valence-corrected chi connectivity index (χ4v) is 2.97. The molecule has 7 heteroatoms. The zero-order chi connectivity index (χ0) is 19.6. The van der Waals surface area contributed by atoms with Crippen LogP contribution in [0.3, 0.4) is 0 Å². The predicted molar refractivity (Wildman–Crippen MR) is 95.2 cm³/mol. The number of anilines is 1. The van der Waals surface area contributed by atoms with Crippen LogP contribution in [-0.4, -0.2) is 23.3 Å². The Morgan fingerprint density at radius 3 is 2.41 bits per heavy atom.